The Morgan fingerprint density at radius 3 is 2.58 bits per heavy atom. The molecule has 1 fully saturated rings. The van der Waals surface area contributed by atoms with E-state index in [1.54, 1.807) is 0 Å². The Morgan fingerprint density at radius 1 is 1.17 bits per heavy atom. The second-order valence-corrected chi connectivity index (χ2v) is 7.50. The second-order valence-electron chi connectivity index (χ2n) is 7.50. The first-order valence-electron chi connectivity index (χ1n) is 9.13. The number of hydrogen-bond donors (Lipinski definition) is 1. The van der Waals surface area contributed by atoms with Gasteiger partial charge in [-0.05, 0) is 69.3 Å². The largest absolute Gasteiger partial charge is 0.387 e. The first-order chi connectivity index (χ1) is 11.6. The van der Waals surface area contributed by atoms with Crippen LogP contribution in [0, 0.1) is 19.8 Å². The molecule has 24 heavy (non-hydrogen) atoms. The van der Waals surface area contributed by atoms with Gasteiger partial charge in [-0.2, -0.15) is 5.10 Å². The zero-order valence-electron chi connectivity index (χ0n) is 14.7. The number of nitrogens with zero attached hydrogens (tertiary/aromatic N) is 3. The molecule has 0 amide bonds. The van der Waals surface area contributed by atoms with Crippen LogP contribution < -0.4 is 0 Å². The van der Waals surface area contributed by atoms with Gasteiger partial charge in [-0.1, -0.05) is 24.3 Å². The van der Waals surface area contributed by atoms with Crippen LogP contribution >= 0.6 is 0 Å². The van der Waals surface area contributed by atoms with E-state index in [1.165, 1.54) is 24.1 Å². The normalized spacial score (nSPS) is 25.1. The smallest absolute Gasteiger partial charge is 0.0951 e. The SMILES string of the molecule is Cc1cc(C)n(CC2CCN([C@H]3Cc4ccccc4[C@H]3O)CC2)n1. The van der Waals surface area contributed by atoms with Crippen molar-refractivity contribution in [2.75, 3.05) is 13.1 Å². The summed E-state index contributed by atoms with van der Waals surface area (Å²) < 4.78 is 2.16. The number of aromatic nitrogens is 2. The maximum absolute atomic E-state index is 10.7. The van der Waals surface area contributed by atoms with E-state index >= 15 is 0 Å². The highest BCUT2D eigenvalue weighted by Gasteiger charge is 2.36. The molecule has 1 aromatic heterocycles. The maximum atomic E-state index is 10.7. The summed E-state index contributed by atoms with van der Waals surface area (Å²) in [6.45, 7) is 7.40. The lowest BCUT2D eigenvalue weighted by atomic mass is 9.94. The molecule has 4 heteroatoms. The monoisotopic (exact) mass is 325 g/mol. The number of fused-ring (bicyclic) bond motifs is 1. The Labute approximate surface area is 144 Å². The molecular weight excluding hydrogens is 298 g/mol. The van der Waals surface area contributed by atoms with Crippen molar-refractivity contribution >= 4 is 0 Å². The highest BCUT2D eigenvalue weighted by atomic mass is 16.3. The Morgan fingerprint density at radius 2 is 1.92 bits per heavy atom. The number of likely N-dealkylation sites (tertiary alicyclic amines) is 1. The molecule has 2 heterocycles. The van der Waals surface area contributed by atoms with Crippen molar-refractivity contribution in [1.29, 1.82) is 0 Å². The third-order valence-corrected chi connectivity index (χ3v) is 5.82. The van der Waals surface area contributed by atoms with Gasteiger partial charge in [-0.3, -0.25) is 9.58 Å². The fraction of sp³-hybridized carbons (Fsp3) is 0.550. The predicted octanol–water partition coefficient (Wildman–Crippen LogP) is 2.87. The van der Waals surface area contributed by atoms with E-state index in [4.69, 9.17) is 0 Å². The van der Waals surface area contributed by atoms with Crippen LogP contribution in [0.5, 0.6) is 0 Å². The van der Waals surface area contributed by atoms with Gasteiger partial charge in [-0.25, -0.2) is 0 Å². The summed E-state index contributed by atoms with van der Waals surface area (Å²) in [6.07, 6.45) is 3.05. The van der Waals surface area contributed by atoms with E-state index in [2.05, 4.69) is 52.8 Å². The van der Waals surface area contributed by atoms with Crippen molar-refractivity contribution < 1.29 is 5.11 Å². The van der Waals surface area contributed by atoms with E-state index in [0.29, 0.717) is 5.92 Å². The van der Waals surface area contributed by atoms with Gasteiger partial charge < -0.3 is 5.11 Å². The highest BCUT2D eigenvalue weighted by molar-refractivity contribution is 5.35. The van der Waals surface area contributed by atoms with Crippen LogP contribution in [0.1, 0.15) is 41.5 Å². The first kappa shape index (κ1) is 15.9. The predicted molar refractivity (Wildman–Crippen MR) is 94.9 cm³/mol. The molecule has 2 aliphatic rings. The van der Waals surface area contributed by atoms with Gasteiger partial charge in [0.05, 0.1) is 11.8 Å². The molecule has 0 bridgehead atoms. The number of benzene rings is 1. The number of piperidine rings is 1. The van der Waals surface area contributed by atoms with Crippen LogP contribution in [0.2, 0.25) is 0 Å². The van der Waals surface area contributed by atoms with Gasteiger partial charge in [0.1, 0.15) is 0 Å². The molecule has 0 radical (unpaired) electrons. The number of hydrogen-bond acceptors (Lipinski definition) is 3. The van der Waals surface area contributed by atoms with Crippen LogP contribution in [-0.4, -0.2) is 38.9 Å². The van der Waals surface area contributed by atoms with Crippen molar-refractivity contribution in [1.82, 2.24) is 14.7 Å². The third-order valence-electron chi connectivity index (χ3n) is 5.82. The molecule has 4 nitrogen and oxygen atoms in total. The molecule has 1 aliphatic heterocycles. The summed E-state index contributed by atoms with van der Waals surface area (Å²) in [4.78, 5) is 2.50. The van der Waals surface area contributed by atoms with Crippen molar-refractivity contribution in [2.24, 2.45) is 5.92 Å². The fourth-order valence-corrected chi connectivity index (χ4v) is 4.45. The quantitative estimate of drug-likeness (QED) is 0.943. The van der Waals surface area contributed by atoms with E-state index < -0.39 is 0 Å². The van der Waals surface area contributed by atoms with Gasteiger partial charge in [0.25, 0.3) is 0 Å². The number of aliphatic hydroxyl groups excluding tert-OH is 1. The number of aryl methyl sites for hydroxylation is 2. The van der Waals surface area contributed by atoms with Crippen LogP contribution in [0.4, 0.5) is 0 Å². The van der Waals surface area contributed by atoms with E-state index in [0.717, 1.165) is 37.3 Å². The molecular formula is C20H27N3O. The average molecular weight is 325 g/mol. The van der Waals surface area contributed by atoms with E-state index in [1.807, 2.05) is 6.07 Å². The van der Waals surface area contributed by atoms with Crippen LogP contribution in [-0.2, 0) is 13.0 Å². The molecule has 2 atom stereocenters. The van der Waals surface area contributed by atoms with Gasteiger partial charge in [0.2, 0.25) is 0 Å². The minimum absolute atomic E-state index is 0.261. The molecule has 128 valence electrons. The van der Waals surface area contributed by atoms with Crippen LogP contribution in [0.15, 0.2) is 30.3 Å². The van der Waals surface area contributed by atoms with Gasteiger partial charge in [-0.15, -0.1) is 0 Å². The Bertz CT molecular complexity index is 715. The maximum Gasteiger partial charge on any atom is 0.0951 e. The van der Waals surface area contributed by atoms with Crippen molar-refractivity contribution in [3.63, 3.8) is 0 Å². The standard InChI is InChI=1S/C20H27N3O/c1-14-11-15(2)23(21-14)13-16-7-9-22(10-8-16)19-12-17-5-3-4-6-18(17)20(19)24/h3-6,11,16,19-20,24H,7-10,12-13H2,1-2H3/t19-,20+/m0/s1. The zero-order valence-corrected chi connectivity index (χ0v) is 14.7. The lowest BCUT2D eigenvalue weighted by molar-refractivity contribution is 0.0368. The molecule has 0 spiro atoms. The summed E-state index contributed by atoms with van der Waals surface area (Å²) >= 11 is 0. The van der Waals surface area contributed by atoms with Gasteiger partial charge in [0.15, 0.2) is 0 Å². The van der Waals surface area contributed by atoms with E-state index in [-0.39, 0.29) is 12.1 Å². The van der Waals surface area contributed by atoms with Crippen LogP contribution in [0.25, 0.3) is 0 Å². The van der Waals surface area contributed by atoms with Crippen molar-refractivity contribution in [3.8, 4) is 0 Å². The van der Waals surface area contributed by atoms with Crippen LogP contribution in [0.3, 0.4) is 0 Å². The molecule has 0 unspecified atom stereocenters. The summed E-state index contributed by atoms with van der Waals surface area (Å²) in [6, 6.07) is 10.8. The van der Waals surface area contributed by atoms with Gasteiger partial charge in [0, 0.05) is 18.3 Å². The molecule has 1 aliphatic carbocycles. The van der Waals surface area contributed by atoms with Crippen molar-refractivity contribution in [3.05, 3.63) is 52.8 Å². The average Bonchev–Trinajstić information content (AvgIpc) is 3.08. The molecule has 4 rings (SSSR count). The second kappa shape index (κ2) is 6.34. The highest BCUT2D eigenvalue weighted by Crippen LogP contribution is 2.36. The lowest BCUT2D eigenvalue weighted by Gasteiger charge is -2.37. The molecule has 2 aromatic rings. The van der Waals surface area contributed by atoms with Gasteiger partial charge >= 0.3 is 0 Å². The fourth-order valence-electron chi connectivity index (χ4n) is 4.45. The Balaban J connectivity index is 1.36. The number of aliphatic hydroxyl groups is 1. The number of rotatable bonds is 3. The molecule has 1 N–H and O–H groups in total. The first-order valence-corrected chi connectivity index (χ1v) is 9.13. The molecule has 1 aromatic carbocycles. The summed E-state index contributed by atoms with van der Waals surface area (Å²) in [7, 11) is 0. The third kappa shape index (κ3) is 2.89. The van der Waals surface area contributed by atoms with E-state index in [9.17, 15) is 5.11 Å². The summed E-state index contributed by atoms with van der Waals surface area (Å²) in [5.41, 5.74) is 4.82. The summed E-state index contributed by atoms with van der Waals surface area (Å²) in [5.74, 6) is 0.695. The Kier molecular flexibility index (Phi) is 4.19. The minimum Gasteiger partial charge on any atom is -0.387 e. The molecule has 1 saturated heterocycles. The van der Waals surface area contributed by atoms with Crippen molar-refractivity contribution in [2.45, 2.75) is 51.8 Å². The topological polar surface area (TPSA) is 41.3 Å². The zero-order chi connectivity index (χ0) is 16.7. The minimum atomic E-state index is -0.325. The lowest BCUT2D eigenvalue weighted by Crippen LogP contribution is -2.44. The molecule has 0 saturated carbocycles. The Hall–Kier alpha value is -1.65. The summed E-state index contributed by atoms with van der Waals surface area (Å²) in [5, 5.41) is 15.3.